The number of rotatable bonds is 6. The molecule has 0 spiro atoms. The van der Waals surface area contributed by atoms with Crippen LogP contribution in [-0.2, 0) is 9.16 Å². The first-order valence-electron chi connectivity index (χ1n) is 9.97. The third kappa shape index (κ3) is 7.20. The van der Waals surface area contributed by atoms with Crippen molar-refractivity contribution in [2.75, 3.05) is 26.2 Å². The molecule has 26 heavy (non-hydrogen) atoms. The van der Waals surface area contributed by atoms with Gasteiger partial charge in [0.2, 0.25) is 0 Å². The zero-order valence-corrected chi connectivity index (χ0v) is 19.7. The summed E-state index contributed by atoms with van der Waals surface area (Å²) in [4.78, 5) is 14.4. The molecule has 0 saturated carbocycles. The highest BCUT2D eigenvalue weighted by Gasteiger charge is 2.41. The summed E-state index contributed by atoms with van der Waals surface area (Å²) in [5.74, 6) is 0.748. The van der Waals surface area contributed by atoms with Gasteiger partial charge in [-0.1, -0.05) is 34.6 Å². The summed E-state index contributed by atoms with van der Waals surface area (Å²) in [6.45, 7) is 24.5. The summed E-state index contributed by atoms with van der Waals surface area (Å²) in [7, 11) is -1.79. The van der Waals surface area contributed by atoms with Crippen LogP contribution in [0.2, 0.25) is 18.1 Å². The SMILES string of the molecule is CC(C)NC[C@H]1CN(C(=O)OC(C)(C)C)C[C@H]1CO[Si](C)(C)C(C)(C)C. The van der Waals surface area contributed by atoms with E-state index in [0.29, 0.717) is 24.4 Å². The van der Waals surface area contributed by atoms with Crippen molar-refractivity contribution in [3.63, 3.8) is 0 Å². The van der Waals surface area contributed by atoms with Crippen LogP contribution < -0.4 is 5.32 Å². The van der Waals surface area contributed by atoms with E-state index in [9.17, 15) is 4.79 Å². The topological polar surface area (TPSA) is 50.8 Å². The van der Waals surface area contributed by atoms with Crippen LogP contribution in [0.5, 0.6) is 0 Å². The second-order valence-electron chi connectivity index (χ2n) is 10.5. The van der Waals surface area contributed by atoms with E-state index in [1.165, 1.54) is 0 Å². The molecule has 6 heteroatoms. The van der Waals surface area contributed by atoms with Gasteiger partial charge < -0.3 is 19.4 Å². The fraction of sp³-hybridized carbons (Fsp3) is 0.950. The van der Waals surface area contributed by atoms with Gasteiger partial charge in [0.15, 0.2) is 8.32 Å². The van der Waals surface area contributed by atoms with Crippen LogP contribution in [0.4, 0.5) is 4.79 Å². The first kappa shape index (κ1) is 23.4. The summed E-state index contributed by atoms with van der Waals surface area (Å²) >= 11 is 0. The van der Waals surface area contributed by atoms with Crippen molar-refractivity contribution in [3.8, 4) is 0 Å². The van der Waals surface area contributed by atoms with Crippen molar-refractivity contribution in [1.29, 1.82) is 0 Å². The zero-order valence-electron chi connectivity index (χ0n) is 18.7. The molecule has 0 aromatic carbocycles. The van der Waals surface area contributed by atoms with E-state index in [0.717, 1.165) is 19.7 Å². The lowest BCUT2D eigenvalue weighted by Crippen LogP contribution is -2.43. The molecule has 0 bridgehead atoms. The first-order chi connectivity index (χ1) is 11.6. The van der Waals surface area contributed by atoms with E-state index >= 15 is 0 Å². The standard InChI is InChI=1S/C20H42N2O3Si/c1-15(2)21-11-16-12-22(18(23)25-19(3,4)5)13-17(16)14-24-26(9,10)20(6,7)8/h15-17,21H,11-14H2,1-10H3/t16-,17-/m0/s1. The fourth-order valence-corrected chi connectivity index (χ4v) is 3.82. The van der Waals surface area contributed by atoms with Crippen LogP contribution in [-0.4, -0.2) is 57.2 Å². The summed E-state index contributed by atoms with van der Waals surface area (Å²) in [6.07, 6.45) is -0.207. The average molecular weight is 387 g/mol. The smallest absolute Gasteiger partial charge is 0.410 e. The van der Waals surface area contributed by atoms with Gasteiger partial charge >= 0.3 is 6.09 Å². The maximum absolute atomic E-state index is 12.5. The number of amides is 1. The van der Waals surface area contributed by atoms with Crippen molar-refractivity contribution in [2.45, 2.75) is 85.2 Å². The third-order valence-corrected chi connectivity index (χ3v) is 9.98. The van der Waals surface area contributed by atoms with E-state index < -0.39 is 13.9 Å². The molecule has 0 aliphatic carbocycles. The Labute approximate surface area is 162 Å². The van der Waals surface area contributed by atoms with E-state index in [1.54, 1.807) is 0 Å². The molecule has 1 rings (SSSR count). The minimum Gasteiger partial charge on any atom is -0.444 e. The van der Waals surface area contributed by atoms with Crippen molar-refractivity contribution in [1.82, 2.24) is 10.2 Å². The number of nitrogens with zero attached hydrogens (tertiary/aromatic N) is 1. The van der Waals surface area contributed by atoms with E-state index in [1.807, 2.05) is 25.7 Å². The Morgan fingerprint density at radius 1 is 1.12 bits per heavy atom. The molecule has 154 valence electrons. The third-order valence-electron chi connectivity index (χ3n) is 5.48. The maximum Gasteiger partial charge on any atom is 0.410 e. The molecule has 1 saturated heterocycles. The molecular weight excluding hydrogens is 344 g/mol. The van der Waals surface area contributed by atoms with Gasteiger partial charge in [-0.25, -0.2) is 4.79 Å². The van der Waals surface area contributed by atoms with Crippen LogP contribution in [0.1, 0.15) is 55.4 Å². The largest absolute Gasteiger partial charge is 0.444 e. The monoisotopic (exact) mass is 386 g/mol. The fourth-order valence-electron chi connectivity index (χ4n) is 2.75. The van der Waals surface area contributed by atoms with Crippen LogP contribution in [0.15, 0.2) is 0 Å². The first-order valence-corrected chi connectivity index (χ1v) is 12.9. The van der Waals surface area contributed by atoms with Gasteiger partial charge in [0, 0.05) is 38.2 Å². The molecular formula is C20H42N2O3Si. The Balaban J connectivity index is 2.76. The highest BCUT2D eigenvalue weighted by molar-refractivity contribution is 6.74. The van der Waals surface area contributed by atoms with Crippen molar-refractivity contribution in [3.05, 3.63) is 0 Å². The summed E-state index contributed by atoms with van der Waals surface area (Å²) < 4.78 is 12.1. The highest BCUT2D eigenvalue weighted by atomic mass is 28.4. The molecule has 1 heterocycles. The molecule has 1 fully saturated rings. The van der Waals surface area contributed by atoms with Gasteiger partial charge in [-0.15, -0.1) is 0 Å². The second kappa shape index (κ2) is 8.61. The minimum atomic E-state index is -1.79. The minimum absolute atomic E-state index is 0.197. The number of likely N-dealkylation sites (tertiary alicyclic amines) is 1. The molecule has 1 N–H and O–H groups in total. The molecule has 0 radical (unpaired) electrons. The number of hydrogen-bond acceptors (Lipinski definition) is 4. The molecule has 1 aliphatic rings. The number of ether oxygens (including phenoxy) is 1. The molecule has 0 aromatic rings. The summed E-state index contributed by atoms with van der Waals surface area (Å²) in [6, 6.07) is 0.438. The second-order valence-corrected chi connectivity index (χ2v) is 15.3. The number of nitrogens with one attached hydrogen (secondary N) is 1. The molecule has 2 atom stereocenters. The maximum atomic E-state index is 12.5. The van der Waals surface area contributed by atoms with Gasteiger partial charge in [-0.2, -0.15) is 0 Å². The zero-order chi connectivity index (χ0) is 20.3. The van der Waals surface area contributed by atoms with Crippen molar-refractivity contribution < 1.29 is 14.0 Å². The Morgan fingerprint density at radius 2 is 1.65 bits per heavy atom. The lowest BCUT2D eigenvalue weighted by atomic mass is 9.97. The molecule has 0 aromatic heterocycles. The summed E-state index contributed by atoms with van der Waals surface area (Å²) in [5.41, 5.74) is -0.460. The normalized spacial score (nSPS) is 22.2. The lowest BCUT2D eigenvalue weighted by Gasteiger charge is -2.37. The van der Waals surface area contributed by atoms with Crippen molar-refractivity contribution >= 4 is 14.4 Å². The van der Waals surface area contributed by atoms with Gasteiger partial charge in [0.25, 0.3) is 0 Å². The quantitative estimate of drug-likeness (QED) is 0.683. The number of hydrogen-bond donors (Lipinski definition) is 1. The predicted molar refractivity (Wildman–Crippen MR) is 111 cm³/mol. The van der Waals surface area contributed by atoms with Gasteiger partial charge in [0.1, 0.15) is 5.60 Å². The van der Waals surface area contributed by atoms with Gasteiger partial charge in [0.05, 0.1) is 0 Å². The molecule has 1 amide bonds. The lowest BCUT2D eigenvalue weighted by molar-refractivity contribution is 0.0281. The molecule has 0 unspecified atom stereocenters. The van der Waals surface area contributed by atoms with E-state index in [-0.39, 0.29) is 11.1 Å². The predicted octanol–water partition coefficient (Wildman–Crippen LogP) is 4.49. The van der Waals surface area contributed by atoms with E-state index in [4.69, 9.17) is 9.16 Å². The highest BCUT2D eigenvalue weighted by Crippen LogP contribution is 2.37. The van der Waals surface area contributed by atoms with Gasteiger partial charge in [-0.05, 0) is 44.8 Å². The van der Waals surface area contributed by atoms with Gasteiger partial charge in [-0.3, -0.25) is 0 Å². The Hall–Kier alpha value is -0.593. The molecule has 5 nitrogen and oxygen atoms in total. The Bertz CT molecular complexity index is 467. The Morgan fingerprint density at radius 3 is 2.12 bits per heavy atom. The van der Waals surface area contributed by atoms with Crippen LogP contribution in [0, 0.1) is 11.8 Å². The van der Waals surface area contributed by atoms with Crippen LogP contribution in [0.25, 0.3) is 0 Å². The van der Waals surface area contributed by atoms with Crippen LogP contribution >= 0.6 is 0 Å². The van der Waals surface area contributed by atoms with E-state index in [2.05, 4.69) is 53.0 Å². The average Bonchev–Trinajstić information content (AvgIpc) is 2.83. The van der Waals surface area contributed by atoms with Crippen LogP contribution in [0.3, 0.4) is 0 Å². The number of carbonyl (C=O) groups is 1. The van der Waals surface area contributed by atoms with Crippen molar-refractivity contribution in [2.24, 2.45) is 11.8 Å². The Kier molecular flexibility index (Phi) is 7.77. The summed E-state index contributed by atoms with van der Waals surface area (Å²) in [5, 5.41) is 3.73. The molecule has 1 aliphatic heterocycles. The number of carbonyl (C=O) groups excluding carboxylic acids is 1.